The Bertz CT molecular complexity index is 809. The van der Waals surface area contributed by atoms with Crippen molar-refractivity contribution in [1.29, 1.82) is 0 Å². The van der Waals surface area contributed by atoms with E-state index in [4.69, 9.17) is 0 Å². The number of rotatable bonds is 5. The van der Waals surface area contributed by atoms with Gasteiger partial charge in [-0.2, -0.15) is 0 Å². The number of nitrogens with one attached hydrogen (secondary N) is 2. The van der Waals surface area contributed by atoms with E-state index in [1.807, 2.05) is 58.9 Å². The van der Waals surface area contributed by atoms with Crippen molar-refractivity contribution in [1.82, 2.24) is 10.2 Å². The first-order valence-electron chi connectivity index (χ1n) is 9.22. The second kappa shape index (κ2) is 8.71. The minimum absolute atomic E-state index is 0.161. The molecular weight excluding hydrogens is 338 g/mol. The van der Waals surface area contributed by atoms with Crippen LogP contribution < -0.4 is 10.6 Å². The van der Waals surface area contributed by atoms with Crippen molar-refractivity contribution in [2.45, 2.75) is 46.7 Å². The van der Waals surface area contributed by atoms with Crippen LogP contribution in [0.4, 0.5) is 10.5 Å². The van der Waals surface area contributed by atoms with Crippen LogP contribution in [0.1, 0.15) is 49.2 Å². The maximum atomic E-state index is 12.7. The molecule has 0 atom stereocenters. The lowest BCUT2D eigenvalue weighted by atomic mass is 10.1. The van der Waals surface area contributed by atoms with Crippen LogP contribution in [0.15, 0.2) is 48.5 Å². The molecule has 0 saturated carbocycles. The third-order valence-corrected chi connectivity index (χ3v) is 4.16. The molecule has 2 aromatic carbocycles. The molecule has 5 heteroatoms. The van der Waals surface area contributed by atoms with Gasteiger partial charge in [-0.1, -0.05) is 30.3 Å². The van der Waals surface area contributed by atoms with E-state index in [2.05, 4.69) is 10.6 Å². The van der Waals surface area contributed by atoms with E-state index in [-0.39, 0.29) is 17.5 Å². The van der Waals surface area contributed by atoms with E-state index in [1.165, 1.54) is 0 Å². The highest BCUT2D eigenvalue weighted by Crippen LogP contribution is 2.15. The first kappa shape index (κ1) is 20.5. The van der Waals surface area contributed by atoms with Gasteiger partial charge >= 0.3 is 6.03 Å². The Labute approximate surface area is 161 Å². The van der Waals surface area contributed by atoms with Gasteiger partial charge in [-0.15, -0.1) is 0 Å². The van der Waals surface area contributed by atoms with Crippen LogP contribution in [0.3, 0.4) is 0 Å². The molecule has 27 heavy (non-hydrogen) atoms. The average molecular weight is 367 g/mol. The third kappa shape index (κ3) is 6.13. The molecule has 0 unspecified atom stereocenters. The number of aryl methyl sites for hydroxylation is 1. The number of urea groups is 1. The SMILES string of the molecule is CCN(Cc1ccccc1C)C(=O)Nc1cccc(C(=O)NC(C)(C)C)c1. The summed E-state index contributed by atoms with van der Waals surface area (Å²) in [7, 11) is 0. The molecule has 0 aliphatic heterocycles. The van der Waals surface area contributed by atoms with Crippen LogP contribution >= 0.6 is 0 Å². The van der Waals surface area contributed by atoms with Crippen LogP contribution in [0.25, 0.3) is 0 Å². The van der Waals surface area contributed by atoms with Gasteiger partial charge < -0.3 is 15.5 Å². The molecule has 2 N–H and O–H groups in total. The maximum absolute atomic E-state index is 12.7. The monoisotopic (exact) mass is 367 g/mol. The number of hydrogen-bond donors (Lipinski definition) is 2. The summed E-state index contributed by atoms with van der Waals surface area (Å²) in [6.45, 7) is 10.9. The average Bonchev–Trinajstić information content (AvgIpc) is 2.59. The van der Waals surface area contributed by atoms with Gasteiger partial charge in [0.15, 0.2) is 0 Å². The van der Waals surface area contributed by atoms with Gasteiger partial charge in [-0.05, 0) is 63.9 Å². The second-order valence-electron chi connectivity index (χ2n) is 7.66. The minimum atomic E-state index is -0.317. The van der Waals surface area contributed by atoms with E-state index < -0.39 is 0 Å². The van der Waals surface area contributed by atoms with Gasteiger partial charge in [0.25, 0.3) is 5.91 Å². The molecule has 0 fully saturated rings. The Morgan fingerprint density at radius 1 is 1.04 bits per heavy atom. The number of amides is 3. The van der Waals surface area contributed by atoms with Crippen LogP contribution in [-0.2, 0) is 6.54 Å². The Morgan fingerprint density at radius 2 is 1.74 bits per heavy atom. The van der Waals surface area contributed by atoms with E-state index in [0.29, 0.717) is 24.3 Å². The second-order valence-corrected chi connectivity index (χ2v) is 7.66. The molecule has 0 aromatic heterocycles. The van der Waals surface area contributed by atoms with E-state index in [1.54, 1.807) is 29.2 Å². The summed E-state index contributed by atoms with van der Waals surface area (Å²) >= 11 is 0. The number of nitrogens with zero attached hydrogens (tertiary/aromatic N) is 1. The van der Waals surface area contributed by atoms with Crippen LogP contribution in [0, 0.1) is 6.92 Å². The predicted molar refractivity (Wildman–Crippen MR) is 110 cm³/mol. The summed E-state index contributed by atoms with van der Waals surface area (Å²) in [6.07, 6.45) is 0. The molecule has 2 aromatic rings. The van der Waals surface area contributed by atoms with Crippen molar-refractivity contribution in [3.8, 4) is 0 Å². The van der Waals surface area contributed by atoms with Gasteiger partial charge in [0.1, 0.15) is 0 Å². The lowest BCUT2D eigenvalue weighted by Crippen LogP contribution is -2.40. The zero-order valence-electron chi connectivity index (χ0n) is 16.8. The van der Waals surface area contributed by atoms with Gasteiger partial charge in [-0.25, -0.2) is 4.79 Å². The normalized spacial score (nSPS) is 11.0. The Kier molecular flexibility index (Phi) is 6.61. The molecular formula is C22H29N3O2. The Morgan fingerprint density at radius 3 is 2.37 bits per heavy atom. The Balaban J connectivity index is 2.09. The van der Waals surface area contributed by atoms with Gasteiger partial charge in [0.2, 0.25) is 0 Å². The first-order chi connectivity index (χ1) is 12.7. The van der Waals surface area contributed by atoms with E-state index in [0.717, 1.165) is 11.1 Å². The molecule has 3 amide bonds. The van der Waals surface area contributed by atoms with Crippen molar-refractivity contribution in [3.05, 3.63) is 65.2 Å². The molecule has 144 valence electrons. The number of hydrogen-bond acceptors (Lipinski definition) is 2. The maximum Gasteiger partial charge on any atom is 0.322 e. The van der Waals surface area contributed by atoms with Crippen molar-refractivity contribution < 1.29 is 9.59 Å². The lowest BCUT2D eigenvalue weighted by Gasteiger charge is -2.23. The molecule has 0 radical (unpaired) electrons. The topological polar surface area (TPSA) is 61.4 Å². The molecule has 0 aliphatic rings. The highest BCUT2D eigenvalue weighted by Gasteiger charge is 2.17. The van der Waals surface area contributed by atoms with Crippen molar-refractivity contribution in [2.75, 3.05) is 11.9 Å². The minimum Gasteiger partial charge on any atom is -0.347 e. The summed E-state index contributed by atoms with van der Waals surface area (Å²) in [5.74, 6) is -0.161. The molecule has 5 nitrogen and oxygen atoms in total. The molecule has 2 rings (SSSR count). The van der Waals surface area contributed by atoms with Crippen LogP contribution in [0.2, 0.25) is 0 Å². The number of carbonyl (C=O) groups excluding carboxylic acids is 2. The van der Waals surface area contributed by atoms with Gasteiger partial charge in [0.05, 0.1) is 0 Å². The van der Waals surface area contributed by atoms with Crippen molar-refractivity contribution in [2.24, 2.45) is 0 Å². The smallest absolute Gasteiger partial charge is 0.322 e. The molecule has 0 aliphatic carbocycles. The fraction of sp³-hybridized carbons (Fsp3) is 0.364. The number of benzene rings is 2. The summed E-state index contributed by atoms with van der Waals surface area (Å²) in [6, 6.07) is 14.8. The summed E-state index contributed by atoms with van der Waals surface area (Å²) < 4.78 is 0. The largest absolute Gasteiger partial charge is 0.347 e. The van der Waals surface area contributed by atoms with Crippen molar-refractivity contribution in [3.63, 3.8) is 0 Å². The fourth-order valence-electron chi connectivity index (χ4n) is 2.67. The van der Waals surface area contributed by atoms with Crippen molar-refractivity contribution >= 4 is 17.6 Å². The lowest BCUT2D eigenvalue weighted by molar-refractivity contribution is 0.0919. The van der Waals surface area contributed by atoms with Gasteiger partial charge in [-0.3, -0.25) is 4.79 Å². The predicted octanol–water partition coefficient (Wildman–Crippen LogP) is 4.58. The van der Waals surface area contributed by atoms with E-state index in [9.17, 15) is 9.59 Å². The highest BCUT2D eigenvalue weighted by atomic mass is 16.2. The Hall–Kier alpha value is -2.82. The quantitative estimate of drug-likeness (QED) is 0.813. The molecule has 0 heterocycles. The summed E-state index contributed by atoms with van der Waals surface area (Å²) in [5, 5.41) is 5.82. The molecule has 0 bridgehead atoms. The number of carbonyl (C=O) groups is 2. The fourth-order valence-corrected chi connectivity index (χ4v) is 2.67. The zero-order valence-corrected chi connectivity index (χ0v) is 16.8. The standard InChI is InChI=1S/C22H29N3O2/c1-6-25(15-18-11-8-7-10-16(18)2)21(27)23-19-13-9-12-17(14-19)20(26)24-22(3,4)5/h7-14H,6,15H2,1-5H3,(H,23,27)(H,24,26). The third-order valence-electron chi connectivity index (χ3n) is 4.16. The van der Waals surface area contributed by atoms with Crippen LogP contribution in [-0.4, -0.2) is 28.9 Å². The highest BCUT2D eigenvalue weighted by molar-refractivity contribution is 5.97. The zero-order chi connectivity index (χ0) is 20.0. The summed E-state index contributed by atoms with van der Waals surface area (Å²) in [5.41, 5.74) is 3.08. The van der Waals surface area contributed by atoms with Gasteiger partial charge in [0, 0.05) is 29.9 Å². The number of anilines is 1. The van der Waals surface area contributed by atoms with Crippen LogP contribution in [0.5, 0.6) is 0 Å². The molecule has 0 spiro atoms. The molecule has 0 saturated heterocycles. The van der Waals surface area contributed by atoms with E-state index >= 15 is 0 Å². The first-order valence-corrected chi connectivity index (χ1v) is 9.22. The summed E-state index contributed by atoms with van der Waals surface area (Å²) in [4.78, 5) is 26.8.